The van der Waals surface area contributed by atoms with Gasteiger partial charge in [0.1, 0.15) is 5.82 Å². The maximum atomic E-state index is 12.8. The second kappa shape index (κ2) is 8.53. The molecular formula is C19H25N3O4. The summed E-state index contributed by atoms with van der Waals surface area (Å²) < 4.78 is 10.5. The van der Waals surface area contributed by atoms with Crippen molar-refractivity contribution in [2.24, 2.45) is 0 Å². The van der Waals surface area contributed by atoms with Crippen molar-refractivity contribution in [1.82, 2.24) is 9.88 Å². The molecule has 0 aliphatic carbocycles. The van der Waals surface area contributed by atoms with Crippen LogP contribution < -0.4 is 14.4 Å². The lowest BCUT2D eigenvalue weighted by Gasteiger charge is -2.23. The monoisotopic (exact) mass is 359 g/mol. The number of pyridine rings is 1. The molecule has 1 amide bonds. The molecule has 140 valence electrons. The average molecular weight is 359 g/mol. The van der Waals surface area contributed by atoms with E-state index in [-0.39, 0.29) is 12.5 Å². The first-order valence-electron chi connectivity index (χ1n) is 8.16. The maximum absolute atomic E-state index is 12.8. The third-order valence-corrected chi connectivity index (χ3v) is 4.03. The van der Waals surface area contributed by atoms with Gasteiger partial charge in [0, 0.05) is 27.3 Å². The van der Waals surface area contributed by atoms with Gasteiger partial charge in [0.25, 0.3) is 5.91 Å². The van der Waals surface area contributed by atoms with Crippen LogP contribution in [-0.2, 0) is 0 Å². The van der Waals surface area contributed by atoms with Crippen molar-refractivity contribution >= 4 is 11.7 Å². The number of aliphatic hydroxyl groups excluding tert-OH is 1. The van der Waals surface area contributed by atoms with Crippen molar-refractivity contribution in [3.05, 3.63) is 47.7 Å². The number of rotatable bonds is 7. The Kier molecular flexibility index (Phi) is 6.41. The van der Waals surface area contributed by atoms with E-state index in [1.54, 1.807) is 55.6 Å². The zero-order valence-corrected chi connectivity index (χ0v) is 15.8. The summed E-state index contributed by atoms with van der Waals surface area (Å²) in [6.45, 7) is 0.135. The summed E-state index contributed by atoms with van der Waals surface area (Å²) in [6.07, 6.45) is 0.785. The molecule has 0 fully saturated rings. The molecule has 0 saturated heterocycles. The molecule has 7 nitrogen and oxygen atoms in total. The fourth-order valence-corrected chi connectivity index (χ4v) is 2.63. The van der Waals surface area contributed by atoms with Crippen LogP contribution in [0.15, 0.2) is 36.5 Å². The van der Waals surface area contributed by atoms with Gasteiger partial charge in [0.2, 0.25) is 0 Å². The Morgan fingerprint density at radius 1 is 1.15 bits per heavy atom. The number of likely N-dealkylation sites (N-methyl/N-ethyl adjacent to an activating group) is 1. The number of benzene rings is 1. The lowest BCUT2D eigenvalue weighted by Crippen LogP contribution is -2.32. The van der Waals surface area contributed by atoms with Crippen LogP contribution in [-0.4, -0.2) is 62.8 Å². The van der Waals surface area contributed by atoms with Crippen molar-refractivity contribution in [3.8, 4) is 11.5 Å². The topological polar surface area (TPSA) is 75.1 Å². The Labute approximate surface area is 153 Å². The number of hydrogen-bond acceptors (Lipinski definition) is 6. The van der Waals surface area contributed by atoms with Gasteiger partial charge in [-0.2, -0.15) is 0 Å². The summed E-state index contributed by atoms with van der Waals surface area (Å²) in [5.74, 6) is 1.49. The van der Waals surface area contributed by atoms with Gasteiger partial charge in [-0.05, 0) is 29.8 Å². The molecule has 0 bridgehead atoms. The summed E-state index contributed by atoms with van der Waals surface area (Å²) in [7, 11) is 8.40. The summed E-state index contributed by atoms with van der Waals surface area (Å²) >= 11 is 0. The Balaban J connectivity index is 2.16. The Hall–Kier alpha value is -2.80. The molecule has 1 aromatic carbocycles. The number of carbonyl (C=O) groups excluding carboxylic acids is 1. The summed E-state index contributed by atoms with van der Waals surface area (Å²) in [5, 5.41) is 10.5. The SMILES string of the molecule is COc1ccc(C(O)CN(C)C(=O)c2cccnc2N(C)C)cc1OC. The number of hydrogen-bond donors (Lipinski definition) is 1. The minimum atomic E-state index is -0.858. The summed E-state index contributed by atoms with van der Waals surface area (Å²) in [6, 6.07) is 8.63. The molecule has 7 heteroatoms. The molecule has 1 aromatic heterocycles. The van der Waals surface area contributed by atoms with E-state index in [0.29, 0.717) is 28.4 Å². The van der Waals surface area contributed by atoms with Gasteiger partial charge in [0.05, 0.1) is 32.4 Å². The number of aliphatic hydroxyl groups is 1. The van der Waals surface area contributed by atoms with Gasteiger partial charge in [-0.1, -0.05) is 6.07 Å². The van der Waals surface area contributed by atoms with Gasteiger partial charge in [0.15, 0.2) is 11.5 Å². The minimum Gasteiger partial charge on any atom is -0.493 e. The molecule has 2 aromatic rings. The highest BCUT2D eigenvalue weighted by molar-refractivity contribution is 5.98. The molecule has 0 radical (unpaired) electrons. The number of nitrogens with zero attached hydrogens (tertiary/aromatic N) is 3. The first kappa shape index (κ1) is 19.5. The van der Waals surface area contributed by atoms with E-state index in [9.17, 15) is 9.90 Å². The number of anilines is 1. The van der Waals surface area contributed by atoms with Crippen LogP contribution in [0.3, 0.4) is 0 Å². The average Bonchev–Trinajstić information content (AvgIpc) is 2.66. The fraction of sp³-hybridized carbons (Fsp3) is 0.368. The van der Waals surface area contributed by atoms with E-state index < -0.39 is 6.10 Å². The van der Waals surface area contributed by atoms with Crippen LogP contribution in [0.5, 0.6) is 11.5 Å². The highest BCUT2D eigenvalue weighted by Crippen LogP contribution is 2.30. The van der Waals surface area contributed by atoms with Crippen molar-refractivity contribution in [2.45, 2.75) is 6.10 Å². The van der Waals surface area contributed by atoms with Gasteiger partial charge in [-0.15, -0.1) is 0 Å². The van der Waals surface area contributed by atoms with Crippen molar-refractivity contribution in [2.75, 3.05) is 46.8 Å². The largest absolute Gasteiger partial charge is 0.493 e. The zero-order chi connectivity index (χ0) is 19.3. The predicted molar refractivity (Wildman–Crippen MR) is 100 cm³/mol. The van der Waals surface area contributed by atoms with E-state index >= 15 is 0 Å². The van der Waals surface area contributed by atoms with Crippen molar-refractivity contribution in [1.29, 1.82) is 0 Å². The molecule has 1 unspecified atom stereocenters. The molecule has 1 heterocycles. The second-order valence-corrected chi connectivity index (χ2v) is 6.08. The number of carbonyl (C=O) groups is 1. The molecule has 26 heavy (non-hydrogen) atoms. The van der Waals surface area contributed by atoms with E-state index in [4.69, 9.17) is 9.47 Å². The van der Waals surface area contributed by atoms with E-state index in [1.807, 2.05) is 14.1 Å². The lowest BCUT2D eigenvalue weighted by molar-refractivity contribution is 0.0681. The maximum Gasteiger partial charge on any atom is 0.257 e. The number of amides is 1. The first-order valence-corrected chi connectivity index (χ1v) is 8.16. The smallest absolute Gasteiger partial charge is 0.257 e. The van der Waals surface area contributed by atoms with Crippen LogP contribution in [0.1, 0.15) is 22.0 Å². The molecule has 2 rings (SSSR count). The Morgan fingerprint density at radius 2 is 1.85 bits per heavy atom. The highest BCUT2D eigenvalue weighted by Gasteiger charge is 2.21. The second-order valence-electron chi connectivity index (χ2n) is 6.08. The zero-order valence-electron chi connectivity index (χ0n) is 15.8. The van der Waals surface area contributed by atoms with E-state index in [0.717, 1.165) is 0 Å². The standard InChI is InChI=1S/C19H25N3O4/c1-21(2)18-14(7-6-10-20-18)19(24)22(3)12-15(23)13-8-9-16(25-4)17(11-13)26-5/h6-11,15,23H,12H2,1-5H3. The third-order valence-electron chi connectivity index (χ3n) is 4.03. The van der Waals surface area contributed by atoms with Crippen LogP contribution in [0.2, 0.25) is 0 Å². The van der Waals surface area contributed by atoms with Crippen LogP contribution >= 0.6 is 0 Å². The summed E-state index contributed by atoms with van der Waals surface area (Å²) in [4.78, 5) is 20.3. The first-order chi connectivity index (χ1) is 12.4. The van der Waals surface area contributed by atoms with Crippen LogP contribution in [0.25, 0.3) is 0 Å². The van der Waals surface area contributed by atoms with Gasteiger partial charge in [-0.25, -0.2) is 4.98 Å². The minimum absolute atomic E-state index is 0.135. The normalized spacial score (nSPS) is 11.6. The van der Waals surface area contributed by atoms with Crippen molar-refractivity contribution < 1.29 is 19.4 Å². The quantitative estimate of drug-likeness (QED) is 0.815. The van der Waals surface area contributed by atoms with Crippen LogP contribution in [0, 0.1) is 0 Å². The highest BCUT2D eigenvalue weighted by atomic mass is 16.5. The van der Waals surface area contributed by atoms with Gasteiger partial charge in [-0.3, -0.25) is 4.79 Å². The van der Waals surface area contributed by atoms with Crippen molar-refractivity contribution in [3.63, 3.8) is 0 Å². The number of aromatic nitrogens is 1. The molecular weight excluding hydrogens is 334 g/mol. The Bertz CT molecular complexity index is 764. The van der Waals surface area contributed by atoms with Gasteiger partial charge < -0.3 is 24.4 Å². The lowest BCUT2D eigenvalue weighted by atomic mass is 10.1. The molecule has 0 saturated carbocycles. The Morgan fingerprint density at radius 3 is 2.46 bits per heavy atom. The molecule has 0 spiro atoms. The summed E-state index contributed by atoms with van der Waals surface area (Å²) in [5.41, 5.74) is 1.13. The van der Waals surface area contributed by atoms with E-state index in [2.05, 4.69) is 4.98 Å². The van der Waals surface area contributed by atoms with E-state index in [1.165, 1.54) is 12.0 Å². The van der Waals surface area contributed by atoms with Crippen LogP contribution in [0.4, 0.5) is 5.82 Å². The molecule has 1 atom stereocenters. The third kappa shape index (κ3) is 4.23. The molecule has 1 N–H and O–H groups in total. The number of ether oxygens (including phenoxy) is 2. The predicted octanol–water partition coefficient (Wildman–Crippen LogP) is 1.97. The molecule has 0 aliphatic rings. The molecule has 0 aliphatic heterocycles. The van der Waals surface area contributed by atoms with Gasteiger partial charge >= 0.3 is 0 Å². The fourth-order valence-electron chi connectivity index (χ4n) is 2.63. The number of methoxy groups -OCH3 is 2.